The van der Waals surface area contributed by atoms with E-state index in [0.29, 0.717) is 0 Å². The summed E-state index contributed by atoms with van der Waals surface area (Å²) in [6, 6.07) is 18.3. The molecule has 0 aromatic heterocycles. The Morgan fingerprint density at radius 2 is 1.35 bits per heavy atom. The summed E-state index contributed by atoms with van der Waals surface area (Å²) < 4.78 is 0. The van der Waals surface area contributed by atoms with Gasteiger partial charge in [0.2, 0.25) is 5.96 Å². The van der Waals surface area contributed by atoms with E-state index in [-0.39, 0.29) is 18.4 Å². The number of halogens is 1. The molecule has 0 fully saturated rings. The van der Waals surface area contributed by atoms with E-state index in [1.54, 1.807) is 0 Å². The fourth-order valence-electron chi connectivity index (χ4n) is 1.72. The number of nitrogens with two attached hydrogens (primary N) is 2. The normalized spacial score (nSPS) is 10.6. The van der Waals surface area contributed by atoms with Crippen LogP contribution in [0.1, 0.15) is 12.5 Å². The molecule has 2 aromatic rings. The van der Waals surface area contributed by atoms with Crippen molar-refractivity contribution in [2.24, 2.45) is 21.7 Å². The van der Waals surface area contributed by atoms with Gasteiger partial charge in [0.25, 0.3) is 0 Å². The molecule has 4 nitrogen and oxygen atoms in total. The molecule has 0 amide bonds. The summed E-state index contributed by atoms with van der Waals surface area (Å²) in [5.41, 5.74) is 14.6. The molecule has 2 aromatic carbocycles. The van der Waals surface area contributed by atoms with Gasteiger partial charge in [-0.25, -0.2) is 0 Å². The molecule has 0 saturated carbocycles. The van der Waals surface area contributed by atoms with Crippen LogP contribution >= 0.6 is 12.4 Å². The van der Waals surface area contributed by atoms with E-state index in [1.165, 1.54) is 11.1 Å². The fourth-order valence-corrected chi connectivity index (χ4v) is 1.72. The minimum Gasteiger partial charge on any atom is -0.369 e. The Morgan fingerprint density at radius 3 is 1.90 bits per heavy atom. The summed E-state index contributed by atoms with van der Waals surface area (Å²) in [6.07, 6.45) is 0. The van der Waals surface area contributed by atoms with Crippen LogP contribution < -0.4 is 11.5 Å². The minimum atomic E-state index is -0.0414. The third kappa shape index (κ3) is 4.10. The summed E-state index contributed by atoms with van der Waals surface area (Å²) in [6.45, 7) is 1.87. The smallest absolute Gasteiger partial charge is 0.211 e. The van der Waals surface area contributed by atoms with E-state index < -0.39 is 0 Å². The summed E-state index contributed by atoms with van der Waals surface area (Å²) >= 11 is 0. The van der Waals surface area contributed by atoms with E-state index >= 15 is 0 Å². The first kappa shape index (κ1) is 15.7. The van der Waals surface area contributed by atoms with E-state index in [4.69, 9.17) is 11.5 Å². The second kappa shape index (κ2) is 7.31. The van der Waals surface area contributed by atoms with Gasteiger partial charge in [-0.05, 0) is 23.6 Å². The largest absolute Gasteiger partial charge is 0.369 e. The quantitative estimate of drug-likeness (QED) is 0.517. The van der Waals surface area contributed by atoms with Crippen LogP contribution in [0, 0.1) is 0 Å². The maximum atomic E-state index is 5.24. The first-order valence-corrected chi connectivity index (χ1v) is 5.96. The van der Waals surface area contributed by atoms with Gasteiger partial charge in [-0.3, -0.25) is 0 Å². The number of hydrogen-bond acceptors (Lipinski definition) is 2. The van der Waals surface area contributed by atoms with E-state index in [2.05, 4.69) is 34.5 Å². The van der Waals surface area contributed by atoms with Crippen LogP contribution in [-0.4, -0.2) is 11.7 Å². The zero-order valence-corrected chi connectivity index (χ0v) is 12.0. The Balaban J connectivity index is 0.00000200. The molecular weight excluding hydrogens is 272 g/mol. The third-order valence-electron chi connectivity index (χ3n) is 2.73. The number of guanidine groups is 1. The minimum absolute atomic E-state index is 0. The highest BCUT2D eigenvalue weighted by Crippen LogP contribution is 2.19. The standard InChI is InChI=1S/C15H16N4.ClH/c1-11(18-19-15(16)17)12-7-9-14(10-8-12)13-5-3-2-4-6-13;/h2-10H,1H3,(H4,16,17,19);1H. The first-order valence-electron chi connectivity index (χ1n) is 5.96. The molecule has 0 aliphatic heterocycles. The molecule has 20 heavy (non-hydrogen) atoms. The molecule has 0 heterocycles. The lowest BCUT2D eigenvalue weighted by Gasteiger charge is -2.03. The molecule has 0 spiro atoms. The van der Waals surface area contributed by atoms with Crippen molar-refractivity contribution < 1.29 is 0 Å². The van der Waals surface area contributed by atoms with Crippen molar-refractivity contribution in [3.05, 3.63) is 60.2 Å². The fraction of sp³-hybridized carbons (Fsp3) is 0.0667. The Bertz CT molecular complexity index is 600. The van der Waals surface area contributed by atoms with Gasteiger partial charge in [0.1, 0.15) is 0 Å². The first-order chi connectivity index (χ1) is 9.16. The number of rotatable bonds is 3. The summed E-state index contributed by atoms with van der Waals surface area (Å²) in [7, 11) is 0. The van der Waals surface area contributed by atoms with Gasteiger partial charge in [0.15, 0.2) is 0 Å². The third-order valence-corrected chi connectivity index (χ3v) is 2.73. The van der Waals surface area contributed by atoms with Crippen molar-refractivity contribution >= 4 is 24.1 Å². The molecule has 4 N–H and O–H groups in total. The lowest BCUT2D eigenvalue weighted by molar-refractivity contribution is 1.20. The van der Waals surface area contributed by atoms with Gasteiger partial charge in [0.05, 0.1) is 5.71 Å². The van der Waals surface area contributed by atoms with Crippen LogP contribution in [0.15, 0.2) is 64.8 Å². The highest BCUT2D eigenvalue weighted by atomic mass is 35.5. The topological polar surface area (TPSA) is 76.8 Å². The van der Waals surface area contributed by atoms with Gasteiger partial charge in [0, 0.05) is 0 Å². The number of benzene rings is 2. The Labute approximate surface area is 124 Å². The van der Waals surface area contributed by atoms with Crippen LogP contribution in [0.4, 0.5) is 0 Å². The Morgan fingerprint density at radius 1 is 0.800 bits per heavy atom. The predicted molar refractivity (Wildman–Crippen MR) is 87.1 cm³/mol. The van der Waals surface area contributed by atoms with Crippen molar-refractivity contribution in [3.8, 4) is 11.1 Å². The number of nitrogens with zero attached hydrogens (tertiary/aromatic N) is 2. The van der Waals surface area contributed by atoms with E-state index in [9.17, 15) is 0 Å². The van der Waals surface area contributed by atoms with Crippen LogP contribution in [-0.2, 0) is 0 Å². The van der Waals surface area contributed by atoms with Crippen LogP contribution in [0.25, 0.3) is 11.1 Å². The zero-order chi connectivity index (χ0) is 13.7. The van der Waals surface area contributed by atoms with Crippen LogP contribution in [0.5, 0.6) is 0 Å². The molecule has 0 atom stereocenters. The van der Waals surface area contributed by atoms with E-state index in [0.717, 1.165) is 11.3 Å². The highest BCUT2D eigenvalue weighted by Gasteiger charge is 1.99. The van der Waals surface area contributed by atoms with Gasteiger partial charge in [-0.15, -0.1) is 17.5 Å². The molecular formula is C15H17ClN4. The van der Waals surface area contributed by atoms with Crippen molar-refractivity contribution in [1.82, 2.24) is 0 Å². The Hall–Kier alpha value is -2.33. The molecule has 0 radical (unpaired) electrons. The Kier molecular flexibility index (Phi) is 5.74. The second-order valence-corrected chi connectivity index (χ2v) is 4.15. The molecule has 5 heteroatoms. The van der Waals surface area contributed by atoms with Crippen LogP contribution in [0.2, 0.25) is 0 Å². The molecule has 0 saturated heterocycles. The van der Waals surface area contributed by atoms with Gasteiger partial charge >= 0.3 is 0 Å². The molecule has 2 rings (SSSR count). The molecule has 0 aliphatic carbocycles. The predicted octanol–water partition coefficient (Wildman–Crippen LogP) is 2.77. The summed E-state index contributed by atoms with van der Waals surface area (Å²) in [4.78, 5) is 0. The zero-order valence-electron chi connectivity index (χ0n) is 11.2. The number of hydrogen-bond donors (Lipinski definition) is 2. The molecule has 0 unspecified atom stereocenters. The van der Waals surface area contributed by atoms with Gasteiger partial charge in [-0.1, -0.05) is 54.6 Å². The summed E-state index contributed by atoms with van der Waals surface area (Å²) in [5, 5.41) is 7.59. The maximum Gasteiger partial charge on any atom is 0.211 e. The molecule has 0 aliphatic rings. The SMILES string of the molecule is CC(=NN=C(N)N)c1ccc(-c2ccccc2)cc1.Cl. The lowest BCUT2D eigenvalue weighted by Crippen LogP contribution is -2.22. The highest BCUT2D eigenvalue weighted by molar-refractivity contribution is 5.99. The second-order valence-electron chi connectivity index (χ2n) is 4.15. The average Bonchev–Trinajstić information content (AvgIpc) is 2.46. The lowest BCUT2D eigenvalue weighted by atomic mass is 10.0. The average molecular weight is 289 g/mol. The van der Waals surface area contributed by atoms with Crippen molar-refractivity contribution in [3.63, 3.8) is 0 Å². The summed E-state index contributed by atoms with van der Waals surface area (Å²) in [5.74, 6) is -0.0414. The van der Waals surface area contributed by atoms with E-state index in [1.807, 2.05) is 37.3 Å². The van der Waals surface area contributed by atoms with Crippen molar-refractivity contribution in [2.75, 3.05) is 0 Å². The van der Waals surface area contributed by atoms with Crippen molar-refractivity contribution in [2.45, 2.75) is 6.92 Å². The molecule has 104 valence electrons. The van der Waals surface area contributed by atoms with Gasteiger partial charge < -0.3 is 11.5 Å². The van der Waals surface area contributed by atoms with Crippen molar-refractivity contribution in [1.29, 1.82) is 0 Å². The maximum absolute atomic E-state index is 5.24. The molecule has 0 bridgehead atoms. The monoisotopic (exact) mass is 288 g/mol. The van der Waals surface area contributed by atoms with Gasteiger partial charge in [-0.2, -0.15) is 5.10 Å². The van der Waals surface area contributed by atoms with Crippen LogP contribution in [0.3, 0.4) is 0 Å².